The Morgan fingerprint density at radius 1 is 1.00 bits per heavy atom. The second kappa shape index (κ2) is 9.76. The molecular weight excluding hydrogens is 340 g/mol. The van der Waals surface area contributed by atoms with Crippen molar-refractivity contribution < 1.29 is 14.3 Å². The molecule has 0 aliphatic heterocycles. The number of carbonyl (C=O) groups excluding carboxylic acids is 2. The molecule has 2 aromatic carbocycles. The predicted molar refractivity (Wildman–Crippen MR) is 108 cm³/mol. The van der Waals surface area contributed by atoms with E-state index < -0.39 is 12.1 Å². The number of rotatable bonds is 7. The van der Waals surface area contributed by atoms with Crippen LogP contribution in [0, 0.1) is 19.8 Å². The molecule has 0 aromatic heterocycles. The fourth-order valence-corrected chi connectivity index (χ4v) is 2.66. The van der Waals surface area contributed by atoms with Crippen LogP contribution >= 0.6 is 0 Å². The lowest BCUT2D eigenvalue weighted by Crippen LogP contribution is -2.44. The van der Waals surface area contributed by atoms with E-state index >= 15 is 0 Å². The maximum absolute atomic E-state index is 12.7. The summed E-state index contributed by atoms with van der Waals surface area (Å²) in [5, 5.41) is 5.58. The zero-order chi connectivity index (χ0) is 19.8. The summed E-state index contributed by atoms with van der Waals surface area (Å²) in [6.07, 6.45) is -0.0725. The summed E-state index contributed by atoms with van der Waals surface area (Å²) in [4.78, 5) is 24.8. The maximum atomic E-state index is 12.7. The average Bonchev–Trinajstić information content (AvgIpc) is 2.63. The number of ether oxygens (including phenoxy) is 1. The monoisotopic (exact) mass is 368 g/mol. The van der Waals surface area contributed by atoms with Gasteiger partial charge in [0.05, 0.1) is 0 Å². The van der Waals surface area contributed by atoms with E-state index in [-0.39, 0.29) is 18.4 Å². The van der Waals surface area contributed by atoms with E-state index in [1.54, 1.807) is 0 Å². The smallest absolute Gasteiger partial charge is 0.408 e. The van der Waals surface area contributed by atoms with Crippen molar-refractivity contribution in [2.75, 3.05) is 5.32 Å². The number of hydrogen-bond donors (Lipinski definition) is 2. The first kappa shape index (κ1) is 20.5. The Labute approximate surface area is 161 Å². The van der Waals surface area contributed by atoms with E-state index in [1.165, 1.54) is 0 Å². The quantitative estimate of drug-likeness (QED) is 0.751. The van der Waals surface area contributed by atoms with Crippen molar-refractivity contribution in [3.63, 3.8) is 0 Å². The summed E-state index contributed by atoms with van der Waals surface area (Å²) in [5.74, 6) is -0.00135. The molecule has 27 heavy (non-hydrogen) atoms. The number of anilines is 1. The molecule has 0 radical (unpaired) electrons. The van der Waals surface area contributed by atoms with Gasteiger partial charge in [0.15, 0.2) is 0 Å². The number of alkyl carbamates (subject to hydrolysis) is 1. The van der Waals surface area contributed by atoms with Crippen molar-refractivity contribution in [3.05, 3.63) is 65.2 Å². The molecule has 0 aliphatic rings. The molecule has 2 aromatic rings. The van der Waals surface area contributed by atoms with Crippen LogP contribution in [0.1, 0.15) is 37.0 Å². The summed E-state index contributed by atoms with van der Waals surface area (Å²) < 4.78 is 5.25. The van der Waals surface area contributed by atoms with Crippen LogP contribution in [0.25, 0.3) is 0 Å². The van der Waals surface area contributed by atoms with Crippen LogP contribution in [0.5, 0.6) is 0 Å². The lowest BCUT2D eigenvalue weighted by Gasteiger charge is -2.20. The van der Waals surface area contributed by atoms with Crippen LogP contribution in [0.15, 0.2) is 48.5 Å². The van der Waals surface area contributed by atoms with Gasteiger partial charge in [0.1, 0.15) is 12.6 Å². The van der Waals surface area contributed by atoms with Crippen LogP contribution in [0.2, 0.25) is 0 Å². The van der Waals surface area contributed by atoms with Gasteiger partial charge in [-0.25, -0.2) is 4.79 Å². The fraction of sp³-hybridized carbons (Fsp3) is 0.364. The predicted octanol–water partition coefficient (Wildman–Crippen LogP) is 4.58. The highest BCUT2D eigenvalue weighted by atomic mass is 16.5. The Hall–Kier alpha value is -2.82. The Balaban J connectivity index is 1.97. The fourth-order valence-electron chi connectivity index (χ4n) is 2.66. The molecule has 0 saturated carbocycles. The van der Waals surface area contributed by atoms with Gasteiger partial charge in [0.2, 0.25) is 5.91 Å². The van der Waals surface area contributed by atoms with E-state index in [2.05, 4.69) is 10.6 Å². The number of amides is 2. The molecule has 1 atom stereocenters. The summed E-state index contributed by atoms with van der Waals surface area (Å²) in [7, 11) is 0. The zero-order valence-electron chi connectivity index (χ0n) is 16.4. The van der Waals surface area contributed by atoms with Gasteiger partial charge in [-0.2, -0.15) is 0 Å². The van der Waals surface area contributed by atoms with E-state index in [9.17, 15) is 9.59 Å². The Morgan fingerprint density at radius 2 is 1.70 bits per heavy atom. The molecule has 5 nitrogen and oxygen atoms in total. The molecule has 2 N–H and O–H groups in total. The first-order valence-corrected chi connectivity index (χ1v) is 9.20. The molecule has 2 rings (SSSR count). The minimum Gasteiger partial charge on any atom is -0.445 e. The first-order valence-electron chi connectivity index (χ1n) is 9.20. The number of benzene rings is 2. The standard InChI is InChI=1S/C22H28N2O3/c1-15(2)12-20(21(25)23-19-11-10-16(3)17(4)13-19)24-22(26)27-14-18-8-6-5-7-9-18/h5-11,13,15,20H,12,14H2,1-4H3,(H,23,25)(H,24,26). The van der Waals surface area contributed by atoms with Gasteiger partial charge >= 0.3 is 6.09 Å². The average molecular weight is 368 g/mol. The van der Waals surface area contributed by atoms with Crippen LogP contribution in [0.3, 0.4) is 0 Å². The molecule has 1 unspecified atom stereocenters. The molecule has 144 valence electrons. The summed E-state index contributed by atoms with van der Waals surface area (Å²) in [6, 6.07) is 14.5. The van der Waals surface area contributed by atoms with E-state index in [0.29, 0.717) is 6.42 Å². The highest BCUT2D eigenvalue weighted by Gasteiger charge is 2.23. The normalized spacial score (nSPS) is 11.7. The van der Waals surface area contributed by atoms with Crippen molar-refractivity contribution in [1.82, 2.24) is 5.32 Å². The second-order valence-electron chi connectivity index (χ2n) is 7.18. The number of carbonyl (C=O) groups is 2. The van der Waals surface area contributed by atoms with Crippen molar-refractivity contribution >= 4 is 17.7 Å². The minimum absolute atomic E-state index is 0.167. The zero-order valence-corrected chi connectivity index (χ0v) is 16.4. The van der Waals surface area contributed by atoms with Gasteiger partial charge in [-0.15, -0.1) is 0 Å². The van der Waals surface area contributed by atoms with E-state index in [0.717, 1.165) is 22.4 Å². The lowest BCUT2D eigenvalue weighted by molar-refractivity contribution is -0.118. The Kier molecular flexibility index (Phi) is 7.41. The molecule has 0 heterocycles. The molecule has 0 saturated heterocycles. The van der Waals surface area contributed by atoms with Gasteiger partial charge < -0.3 is 15.4 Å². The maximum Gasteiger partial charge on any atom is 0.408 e. The SMILES string of the molecule is Cc1ccc(NC(=O)C(CC(C)C)NC(=O)OCc2ccccc2)cc1C. The van der Waals surface area contributed by atoms with Crippen LogP contribution in [0.4, 0.5) is 10.5 Å². The van der Waals surface area contributed by atoms with Crippen molar-refractivity contribution in [3.8, 4) is 0 Å². The Bertz CT molecular complexity index is 772. The largest absolute Gasteiger partial charge is 0.445 e. The van der Waals surface area contributed by atoms with Crippen molar-refractivity contribution in [2.24, 2.45) is 5.92 Å². The van der Waals surface area contributed by atoms with Gasteiger partial charge in [-0.3, -0.25) is 4.79 Å². The van der Waals surface area contributed by atoms with Gasteiger partial charge in [-0.1, -0.05) is 50.2 Å². The van der Waals surface area contributed by atoms with E-state index in [1.807, 2.05) is 76.2 Å². The van der Waals surface area contributed by atoms with Crippen LogP contribution in [-0.4, -0.2) is 18.0 Å². The molecule has 5 heteroatoms. The molecule has 0 spiro atoms. The Morgan fingerprint density at radius 3 is 2.33 bits per heavy atom. The molecule has 0 aliphatic carbocycles. The van der Waals surface area contributed by atoms with Crippen LogP contribution < -0.4 is 10.6 Å². The lowest BCUT2D eigenvalue weighted by atomic mass is 10.0. The van der Waals surface area contributed by atoms with Gasteiger partial charge in [0, 0.05) is 5.69 Å². The third-order valence-corrected chi connectivity index (χ3v) is 4.30. The minimum atomic E-state index is -0.658. The highest BCUT2D eigenvalue weighted by Crippen LogP contribution is 2.15. The molecule has 0 bridgehead atoms. The summed E-state index contributed by atoms with van der Waals surface area (Å²) in [5.41, 5.74) is 3.88. The van der Waals surface area contributed by atoms with Gasteiger partial charge in [0.25, 0.3) is 0 Å². The molecule has 0 fully saturated rings. The third kappa shape index (κ3) is 6.77. The number of hydrogen-bond acceptors (Lipinski definition) is 3. The molecule has 2 amide bonds. The highest BCUT2D eigenvalue weighted by molar-refractivity contribution is 5.96. The second-order valence-corrected chi connectivity index (χ2v) is 7.18. The van der Waals surface area contributed by atoms with Crippen molar-refractivity contribution in [1.29, 1.82) is 0 Å². The van der Waals surface area contributed by atoms with Gasteiger partial charge in [-0.05, 0) is 55.0 Å². The van der Waals surface area contributed by atoms with E-state index in [4.69, 9.17) is 4.74 Å². The van der Waals surface area contributed by atoms with Crippen molar-refractivity contribution in [2.45, 2.75) is 46.8 Å². The first-order chi connectivity index (χ1) is 12.8. The number of nitrogens with one attached hydrogen (secondary N) is 2. The molecular formula is C22H28N2O3. The van der Waals surface area contributed by atoms with Crippen LogP contribution in [-0.2, 0) is 16.1 Å². The number of aryl methyl sites for hydroxylation is 2. The third-order valence-electron chi connectivity index (χ3n) is 4.30. The summed E-state index contributed by atoms with van der Waals surface area (Å²) >= 11 is 0. The topological polar surface area (TPSA) is 67.4 Å². The summed E-state index contributed by atoms with van der Waals surface area (Å²) in [6.45, 7) is 8.20.